The molecule has 1 heterocycles. The van der Waals surface area contributed by atoms with Crippen molar-refractivity contribution in [2.24, 2.45) is 0 Å². The largest absolute Gasteiger partial charge is 0.493 e. The second-order valence-corrected chi connectivity index (χ2v) is 6.88. The third-order valence-corrected chi connectivity index (χ3v) is 4.83. The first-order valence-electron chi connectivity index (χ1n) is 8.84. The van der Waals surface area contributed by atoms with Crippen LogP contribution in [0.4, 0.5) is 0 Å². The molecule has 0 aliphatic heterocycles. The number of rotatable bonds is 6. The van der Waals surface area contributed by atoms with E-state index in [0.29, 0.717) is 16.5 Å². The third-order valence-electron chi connectivity index (χ3n) is 4.62. The van der Waals surface area contributed by atoms with E-state index in [0.717, 1.165) is 24.2 Å². The number of ether oxygens (including phenoxy) is 2. The van der Waals surface area contributed by atoms with Gasteiger partial charge in [0.05, 0.1) is 19.3 Å². The molecule has 138 valence electrons. The Balaban J connectivity index is 1.70. The first-order chi connectivity index (χ1) is 12.6. The van der Waals surface area contributed by atoms with Gasteiger partial charge in [0.1, 0.15) is 5.15 Å². The highest BCUT2D eigenvalue weighted by molar-refractivity contribution is 6.29. The molecule has 1 fully saturated rings. The maximum atomic E-state index is 12.4. The molecule has 1 unspecified atom stereocenters. The minimum absolute atomic E-state index is 0.191. The quantitative estimate of drug-likeness (QED) is 0.753. The molecule has 6 heteroatoms. The van der Waals surface area contributed by atoms with Gasteiger partial charge in [-0.05, 0) is 62.4 Å². The number of aromatic nitrogens is 1. The van der Waals surface area contributed by atoms with Crippen molar-refractivity contribution in [2.75, 3.05) is 7.11 Å². The highest BCUT2D eigenvalue weighted by atomic mass is 35.5. The number of carbonyl (C=O) groups excluding carboxylic acids is 1. The molecule has 1 amide bonds. The summed E-state index contributed by atoms with van der Waals surface area (Å²) in [6, 6.07) is 8.77. The summed E-state index contributed by atoms with van der Waals surface area (Å²) < 4.78 is 11.6. The van der Waals surface area contributed by atoms with Gasteiger partial charge in [-0.1, -0.05) is 17.7 Å². The van der Waals surface area contributed by atoms with Crippen LogP contribution in [0.2, 0.25) is 5.15 Å². The van der Waals surface area contributed by atoms with Crippen LogP contribution in [0.1, 0.15) is 54.6 Å². The number of benzene rings is 1. The van der Waals surface area contributed by atoms with Gasteiger partial charge in [-0.2, -0.15) is 0 Å². The molecular formula is C20H23ClN2O3. The Morgan fingerprint density at radius 3 is 2.69 bits per heavy atom. The molecule has 3 rings (SSSR count). The number of halogens is 1. The van der Waals surface area contributed by atoms with Crippen LogP contribution < -0.4 is 14.8 Å². The highest BCUT2D eigenvalue weighted by Crippen LogP contribution is 2.33. The first kappa shape index (κ1) is 18.5. The lowest BCUT2D eigenvalue weighted by Gasteiger charge is -2.19. The number of amides is 1. The predicted molar refractivity (Wildman–Crippen MR) is 101 cm³/mol. The average Bonchev–Trinajstić information content (AvgIpc) is 3.15. The fraction of sp³-hybridized carbons (Fsp3) is 0.400. The topological polar surface area (TPSA) is 60.5 Å². The molecule has 0 spiro atoms. The van der Waals surface area contributed by atoms with Crippen molar-refractivity contribution < 1.29 is 14.3 Å². The third kappa shape index (κ3) is 4.47. The molecule has 1 aromatic carbocycles. The first-order valence-corrected chi connectivity index (χ1v) is 9.21. The zero-order chi connectivity index (χ0) is 18.5. The summed E-state index contributed by atoms with van der Waals surface area (Å²) in [6.45, 7) is 1.92. The zero-order valence-corrected chi connectivity index (χ0v) is 15.8. The number of hydrogen-bond acceptors (Lipinski definition) is 4. The summed E-state index contributed by atoms with van der Waals surface area (Å²) in [5, 5.41) is 3.25. The van der Waals surface area contributed by atoms with E-state index in [2.05, 4.69) is 10.3 Å². The Bertz CT molecular complexity index is 775. The number of nitrogens with one attached hydrogen (secondary N) is 1. The number of pyridine rings is 1. The summed E-state index contributed by atoms with van der Waals surface area (Å²) in [4.78, 5) is 16.3. The van der Waals surface area contributed by atoms with Crippen LogP contribution in [0.3, 0.4) is 0 Å². The van der Waals surface area contributed by atoms with Crippen LogP contribution >= 0.6 is 11.6 Å². The van der Waals surface area contributed by atoms with Crippen LogP contribution in [-0.2, 0) is 0 Å². The van der Waals surface area contributed by atoms with Gasteiger partial charge >= 0.3 is 0 Å². The minimum atomic E-state index is -0.202. The van der Waals surface area contributed by atoms with E-state index in [-0.39, 0.29) is 18.1 Å². The fourth-order valence-electron chi connectivity index (χ4n) is 3.14. The Morgan fingerprint density at radius 1 is 1.23 bits per heavy atom. The smallest absolute Gasteiger partial charge is 0.251 e. The number of methoxy groups -OCH3 is 1. The maximum Gasteiger partial charge on any atom is 0.251 e. The molecule has 1 atom stereocenters. The van der Waals surface area contributed by atoms with Crippen molar-refractivity contribution in [3.63, 3.8) is 0 Å². The van der Waals surface area contributed by atoms with E-state index in [4.69, 9.17) is 21.1 Å². The van der Waals surface area contributed by atoms with Crippen molar-refractivity contribution in [3.8, 4) is 11.5 Å². The van der Waals surface area contributed by atoms with Crippen molar-refractivity contribution in [1.29, 1.82) is 0 Å². The van der Waals surface area contributed by atoms with Gasteiger partial charge in [0.2, 0.25) is 0 Å². The summed E-state index contributed by atoms with van der Waals surface area (Å²) in [5.41, 5.74) is 1.42. The van der Waals surface area contributed by atoms with E-state index >= 15 is 0 Å². The maximum absolute atomic E-state index is 12.4. The second-order valence-electron chi connectivity index (χ2n) is 6.50. The molecule has 5 nitrogen and oxygen atoms in total. The van der Waals surface area contributed by atoms with Crippen LogP contribution in [0, 0.1) is 0 Å². The summed E-state index contributed by atoms with van der Waals surface area (Å²) in [7, 11) is 1.63. The van der Waals surface area contributed by atoms with Crippen LogP contribution in [0.5, 0.6) is 11.5 Å². The van der Waals surface area contributed by atoms with Crippen molar-refractivity contribution in [2.45, 2.75) is 44.8 Å². The lowest BCUT2D eigenvalue weighted by atomic mass is 10.1. The van der Waals surface area contributed by atoms with Gasteiger partial charge in [0.25, 0.3) is 5.91 Å². The van der Waals surface area contributed by atoms with Gasteiger partial charge in [0, 0.05) is 11.8 Å². The average molecular weight is 375 g/mol. The Hall–Kier alpha value is -2.27. The summed E-state index contributed by atoms with van der Waals surface area (Å²) >= 11 is 5.85. The SMILES string of the molecule is COc1cc(C(C)NC(=O)c2ccnc(Cl)c2)ccc1OC1CCCC1. The van der Waals surface area contributed by atoms with E-state index < -0.39 is 0 Å². The number of carbonyl (C=O) groups is 1. The normalized spacial score (nSPS) is 15.5. The van der Waals surface area contributed by atoms with Gasteiger partial charge in [-0.25, -0.2) is 4.98 Å². The molecule has 2 aromatic rings. The summed E-state index contributed by atoms with van der Waals surface area (Å²) in [6.07, 6.45) is 6.39. The Kier molecular flexibility index (Phi) is 5.99. The molecule has 26 heavy (non-hydrogen) atoms. The fourth-order valence-corrected chi connectivity index (χ4v) is 3.32. The van der Waals surface area contributed by atoms with Crippen molar-refractivity contribution in [3.05, 3.63) is 52.8 Å². The van der Waals surface area contributed by atoms with Gasteiger partial charge in [0.15, 0.2) is 11.5 Å². The second kappa shape index (κ2) is 8.41. The monoisotopic (exact) mass is 374 g/mol. The Labute approximate surface area is 158 Å². The molecule has 0 bridgehead atoms. The molecule has 1 N–H and O–H groups in total. The molecule has 0 saturated heterocycles. The Morgan fingerprint density at radius 2 is 2.00 bits per heavy atom. The van der Waals surface area contributed by atoms with E-state index in [1.165, 1.54) is 19.0 Å². The van der Waals surface area contributed by atoms with Gasteiger partial charge in [-0.3, -0.25) is 4.79 Å². The van der Waals surface area contributed by atoms with E-state index in [9.17, 15) is 4.79 Å². The lowest BCUT2D eigenvalue weighted by molar-refractivity contribution is 0.0939. The van der Waals surface area contributed by atoms with Crippen molar-refractivity contribution >= 4 is 17.5 Å². The van der Waals surface area contributed by atoms with E-state index in [1.807, 2.05) is 25.1 Å². The molecule has 1 aromatic heterocycles. The van der Waals surface area contributed by atoms with Crippen LogP contribution in [-0.4, -0.2) is 24.1 Å². The predicted octanol–water partition coefficient (Wildman–Crippen LogP) is 4.56. The molecular weight excluding hydrogens is 352 g/mol. The number of nitrogens with zero attached hydrogens (tertiary/aromatic N) is 1. The van der Waals surface area contributed by atoms with Gasteiger partial charge in [-0.15, -0.1) is 0 Å². The molecule has 1 aliphatic carbocycles. The lowest BCUT2D eigenvalue weighted by Crippen LogP contribution is -2.26. The summed E-state index contributed by atoms with van der Waals surface area (Å²) in [5.74, 6) is 1.23. The standard InChI is InChI=1S/C20H23ClN2O3/c1-13(23-20(24)15-9-10-22-19(21)12-15)14-7-8-17(18(11-14)25-2)26-16-5-3-4-6-16/h7-13,16H,3-6H2,1-2H3,(H,23,24). The molecule has 1 aliphatic rings. The van der Waals surface area contributed by atoms with Gasteiger partial charge < -0.3 is 14.8 Å². The van der Waals surface area contributed by atoms with Crippen molar-refractivity contribution in [1.82, 2.24) is 10.3 Å². The minimum Gasteiger partial charge on any atom is -0.493 e. The molecule has 0 radical (unpaired) electrons. The zero-order valence-electron chi connectivity index (χ0n) is 15.0. The number of hydrogen-bond donors (Lipinski definition) is 1. The van der Waals surface area contributed by atoms with Crippen LogP contribution in [0.25, 0.3) is 0 Å². The van der Waals surface area contributed by atoms with E-state index in [1.54, 1.807) is 19.2 Å². The van der Waals surface area contributed by atoms with Crippen LogP contribution in [0.15, 0.2) is 36.5 Å². The highest BCUT2D eigenvalue weighted by Gasteiger charge is 2.19. The molecule has 1 saturated carbocycles.